The highest BCUT2D eigenvalue weighted by Crippen LogP contribution is 2.18. The normalized spacial score (nSPS) is 10.8. The van der Waals surface area contributed by atoms with Gasteiger partial charge in [-0.25, -0.2) is 0 Å². The SMILES string of the molecule is N#[N+]/C=C(\O)c1ccccc1I. The third-order valence-electron chi connectivity index (χ3n) is 1.33. The molecule has 1 aromatic carbocycles. The summed E-state index contributed by atoms with van der Waals surface area (Å²) in [6.07, 6.45) is 0.998. The molecule has 0 aliphatic heterocycles. The van der Waals surface area contributed by atoms with Gasteiger partial charge in [0, 0.05) is 9.13 Å². The van der Waals surface area contributed by atoms with Crippen LogP contribution in [0.15, 0.2) is 30.5 Å². The molecule has 3 nitrogen and oxygen atoms in total. The highest BCUT2D eigenvalue weighted by molar-refractivity contribution is 14.1. The predicted molar refractivity (Wildman–Crippen MR) is 54.8 cm³/mol. The number of rotatable bonds is 1. The molecule has 0 saturated heterocycles. The van der Waals surface area contributed by atoms with Gasteiger partial charge < -0.3 is 5.11 Å². The summed E-state index contributed by atoms with van der Waals surface area (Å²) in [6.45, 7) is 0. The average Bonchev–Trinajstić information content (AvgIpc) is 2.05. The minimum absolute atomic E-state index is 0.0394. The fourth-order valence-corrected chi connectivity index (χ4v) is 1.46. The topological polar surface area (TPSA) is 48.4 Å². The predicted octanol–water partition coefficient (Wildman–Crippen LogP) is 3.00. The molecule has 0 radical (unpaired) electrons. The van der Waals surface area contributed by atoms with Crippen LogP contribution in [-0.2, 0) is 0 Å². The highest BCUT2D eigenvalue weighted by Gasteiger charge is 2.06. The van der Waals surface area contributed by atoms with Crippen LogP contribution in [0.5, 0.6) is 0 Å². The van der Waals surface area contributed by atoms with Crippen LogP contribution in [0.2, 0.25) is 0 Å². The minimum Gasteiger partial charge on any atom is -0.501 e. The van der Waals surface area contributed by atoms with E-state index in [1.165, 1.54) is 0 Å². The molecule has 0 aliphatic rings. The van der Waals surface area contributed by atoms with Crippen LogP contribution in [0, 0.1) is 8.96 Å². The first-order valence-corrected chi connectivity index (χ1v) is 4.32. The molecule has 0 amide bonds. The van der Waals surface area contributed by atoms with Crippen LogP contribution in [0.25, 0.3) is 10.7 Å². The van der Waals surface area contributed by atoms with Gasteiger partial charge in [-0.05, 0) is 34.7 Å². The van der Waals surface area contributed by atoms with Gasteiger partial charge in [0.2, 0.25) is 11.2 Å². The van der Waals surface area contributed by atoms with Crippen molar-refractivity contribution < 1.29 is 5.11 Å². The maximum atomic E-state index is 9.30. The second kappa shape index (κ2) is 4.07. The summed E-state index contributed by atoms with van der Waals surface area (Å²) in [7, 11) is 0. The minimum atomic E-state index is -0.0394. The summed E-state index contributed by atoms with van der Waals surface area (Å²) in [5.74, 6) is -0.0394. The van der Waals surface area contributed by atoms with E-state index >= 15 is 0 Å². The molecule has 0 aliphatic carbocycles. The first-order valence-electron chi connectivity index (χ1n) is 3.24. The van der Waals surface area contributed by atoms with Crippen molar-refractivity contribution in [2.45, 2.75) is 0 Å². The van der Waals surface area contributed by atoms with Gasteiger partial charge in [0.1, 0.15) is 0 Å². The van der Waals surface area contributed by atoms with E-state index in [0.717, 1.165) is 9.77 Å². The molecule has 0 unspecified atom stereocenters. The zero-order valence-electron chi connectivity index (χ0n) is 6.11. The molecule has 0 bridgehead atoms. The first kappa shape index (κ1) is 9.00. The van der Waals surface area contributed by atoms with E-state index in [9.17, 15) is 5.11 Å². The maximum absolute atomic E-state index is 9.30. The smallest absolute Gasteiger partial charge is 0.392 e. The van der Waals surface area contributed by atoms with Gasteiger partial charge in [-0.15, -0.1) is 0 Å². The molecule has 0 aromatic heterocycles. The third-order valence-corrected chi connectivity index (χ3v) is 2.27. The van der Waals surface area contributed by atoms with Crippen LogP contribution in [0.3, 0.4) is 0 Å². The van der Waals surface area contributed by atoms with Gasteiger partial charge in [0.15, 0.2) is 4.98 Å². The Balaban J connectivity index is 3.13. The molecule has 1 rings (SSSR count). The van der Waals surface area contributed by atoms with E-state index in [0.29, 0.717) is 5.56 Å². The van der Waals surface area contributed by atoms with Crippen LogP contribution < -0.4 is 0 Å². The molecular formula is C8H6IN2O+. The fraction of sp³-hybridized carbons (Fsp3) is 0. The second-order valence-electron chi connectivity index (χ2n) is 2.11. The fourth-order valence-electron chi connectivity index (χ4n) is 0.793. The Labute approximate surface area is 83.5 Å². The number of hydrogen-bond donors (Lipinski definition) is 1. The van der Waals surface area contributed by atoms with E-state index in [1.54, 1.807) is 12.1 Å². The number of halogens is 1. The Kier molecular flexibility index (Phi) is 3.05. The molecular weight excluding hydrogens is 267 g/mol. The summed E-state index contributed by atoms with van der Waals surface area (Å²) in [6, 6.07) is 7.28. The quantitative estimate of drug-likeness (QED) is 0.485. The Morgan fingerprint density at radius 3 is 2.75 bits per heavy atom. The molecule has 1 N–H and O–H groups in total. The van der Waals surface area contributed by atoms with E-state index < -0.39 is 0 Å². The summed E-state index contributed by atoms with van der Waals surface area (Å²) < 4.78 is 0.910. The summed E-state index contributed by atoms with van der Waals surface area (Å²) in [4.78, 5) is 2.74. The van der Waals surface area contributed by atoms with Crippen molar-refractivity contribution in [3.8, 4) is 0 Å². The number of benzene rings is 1. The first-order chi connectivity index (χ1) is 5.75. The molecule has 0 saturated carbocycles. The lowest BCUT2D eigenvalue weighted by Gasteiger charge is -1.97. The van der Waals surface area contributed by atoms with Crippen molar-refractivity contribution in [1.82, 2.24) is 0 Å². The Bertz CT molecular complexity index is 354. The zero-order chi connectivity index (χ0) is 8.97. The van der Waals surface area contributed by atoms with Crippen LogP contribution in [0.4, 0.5) is 0 Å². The van der Waals surface area contributed by atoms with Crippen LogP contribution in [-0.4, -0.2) is 5.11 Å². The van der Waals surface area contributed by atoms with Gasteiger partial charge in [-0.1, -0.05) is 12.1 Å². The Morgan fingerprint density at radius 1 is 1.50 bits per heavy atom. The Morgan fingerprint density at radius 2 is 2.17 bits per heavy atom. The lowest BCUT2D eigenvalue weighted by molar-refractivity contribution is 0.511. The van der Waals surface area contributed by atoms with Gasteiger partial charge in [-0.2, -0.15) is 0 Å². The number of aliphatic hydroxyl groups excluding tert-OH is 1. The van der Waals surface area contributed by atoms with Crippen molar-refractivity contribution >= 4 is 28.4 Å². The number of diazo groups is 1. The largest absolute Gasteiger partial charge is 0.501 e. The molecule has 0 heterocycles. The summed E-state index contributed by atoms with van der Waals surface area (Å²) >= 11 is 2.09. The van der Waals surface area contributed by atoms with Gasteiger partial charge in [-0.3, -0.25) is 0 Å². The molecule has 1 aromatic rings. The van der Waals surface area contributed by atoms with Crippen molar-refractivity contribution in [3.63, 3.8) is 0 Å². The zero-order valence-corrected chi connectivity index (χ0v) is 8.26. The molecule has 12 heavy (non-hydrogen) atoms. The molecule has 0 atom stereocenters. The van der Waals surface area contributed by atoms with Gasteiger partial charge >= 0.3 is 6.20 Å². The van der Waals surface area contributed by atoms with Crippen molar-refractivity contribution in [1.29, 1.82) is 5.39 Å². The molecule has 60 valence electrons. The second-order valence-corrected chi connectivity index (χ2v) is 3.27. The van der Waals surface area contributed by atoms with Crippen LogP contribution >= 0.6 is 22.6 Å². The van der Waals surface area contributed by atoms with Crippen molar-refractivity contribution in [2.75, 3.05) is 0 Å². The molecule has 0 spiro atoms. The van der Waals surface area contributed by atoms with E-state index in [4.69, 9.17) is 5.39 Å². The number of hydrogen-bond acceptors (Lipinski definition) is 2. The highest BCUT2D eigenvalue weighted by atomic mass is 127. The number of nitrogens with zero attached hydrogens (tertiary/aromatic N) is 2. The van der Waals surface area contributed by atoms with E-state index in [1.807, 2.05) is 12.1 Å². The summed E-state index contributed by atoms with van der Waals surface area (Å²) in [5, 5.41) is 17.5. The van der Waals surface area contributed by atoms with Gasteiger partial charge in [0.25, 0.3) is 0 Å². The molecule has 0 fully saturated rings. The number of aliphatic hydroxyl groups is 1. The lowest BCUT2D eigenvalue weighted by Crippen LogP contribution is -1.85. The van der Waals surface area contributed by atoms with E-state index in [-0.39, 0.29) is 5.76 Å². The lowest BCUT2D eigenvalue weighted by atomic mass is 10.2. The van der Waals surface area contributed by atoms with Crippen molar-refractivity contribution in [2.24, 2.45) is 0 Å². The van der Waals surface area contributed by atoms with Crippen LogP contribution in [0.1, 0.15) is 5.56 Å². The third kappa shape index (κ3) is 1.95. The summed E-state index contributed by atoms with van der Waals surface area (Å²) in [5.41, 5.74) is 0.663. The maximum Gasteiger partial charge on any atom is 0.392 e. The monoisotopic (exact) mass is 273 g/mol. The Hall–Kier alpha value is -1.09. The van der Waals surface area contributed by atoms with E-state index in [2.05, 4.69) is 27.6 Å². The van der Waals surface area contributed by atoms with Crippen molar-refractivity contribution in [3.05, 3.63) is 44.6 Å². The molecule has 4 heteroatoms. The standard InChI is InChI=1S/C8H5IN2O/c9-7-4-2-1-3-6(7)8(12)5-11-10/h1-5H/p+1/b8-5-. The average molecular weight is 273 g/mol. The van der Waals surface area contributed by atoms with Gasteiger partial charge in [0.05, 0.1) is 0 Å².